The van der Waals surface area contributed by atoms with Crippen molar-refractivity contribution in [3.63, 3.8) is 0 Å². The Morgan fingerprint density at radius 2 is 2.17 bits per heavy atom. The van der Waals surface area contributed by atoms with Crippen molar-refractivity contribution in [2.45, 2.75) is 19.0 Å². The molecule has 0 aliphatic carbocycles. The fourth-order valence-corrected chi connectivity index (χ4v) is 2.50. The smallest absolute Gasteiger partial charge is 0.124 e. The third kappa shape index (κ3) is 1.44. The lowest BCUT2D eigenvalue weighted by Crippen LogP contribution is -2.29. The Hall–Kier alpha value is -2.14. The zero-order valence-corrected chi connectivity index (χ0v) is 9.77. The van der Waals surface area contributed by atoms with Crippen LogP contribution in [0.1, 0.15) is 23.3 Å². The van der Waals surface area contributed by atoms with Gasteiger partial charge in [0.1, 0.15) is 5.82 Å². The molecule has 18 heavy (non-hydrogen) atoms. The number of aromatic amines is 2. The second-order valence-corrected chi connectivity index (χ2v) is 4.60. The van der Waals surface area contributed by atoms with E-state index in [1.54, 1.807) is 6.33 Å². The van der Waals surface area contributed by atoms with E-state index in [4.69, 9.17) is 0 Å². The third-order valence-electron chi connectivity index (χ3n) is 3.47. The van der Waals surface area contributed by atoms with E-state index in [1.165, 1.54) is 5.69 Å². The molecule has 1 aliphatic rings. The first-order valence-corrected chi connectivity index (χ1v) is 6.09. The molecule has 3 heterocycles. The molecule has 1 aromatic carbocycles. The monoisotopic (exact) mass is 239 g/mol. The molecule has 3 aromatic rings. The van der Waals surface area contributed by atoms with Crippen molar-refractivity contribution >= 4 is 11.0 Å². The van der Waals surface area contributed by atoms with Gasteiger partial charge in [-0.05, 0) is 12.1 Å². The molecule has 5 nitrogen and oxygen atoms in total. The highest BCUT2D eigenvalue weighted by Gasteiger charge is 2.23. The summed E-state index contributed by atoms with van der Waals surface area (Å²) in [7, 11) is 0. The molecule has 0 saturated carbocycles. The zero-order valence-electron chi connectivity index (χ0n) is 9.77. The number of fused-ring (bicyclic) bond motifs is 2. The highest BCUT2D eigenvalue weighted by molar-refractivity contribution is 5.74. The van der Waals surface area contributed by atoms with Gasteiger partial charge in [0.25, 0.3) is 0 Å². The van der Waals surface area contributed by atoms with Gasteiger partial charge in [0.15, 0.2) is 0 Å². The molecule has 0 saturated heterocycles. The van der Waals surface area contributed by atoms with Crippen LogP contribution < -0.4 is 5.32 Å². The number of rotatable bonds is 1. The van der Waals surface area contributed by atoms with Crippen molar-refractivity contribution in [3.05, 3.63) is 47.8 Å². The van der Waals surface area contributed by atoms with Gasteiger partial charge in [-0.1, -0.05) is 12.1 Å². The second kappa shape index (κ2) is 3.68. The summed E-state index contributed by atoms with van der Waals surface area (Å²) < 4.78 is 0. The molecular formula is C13H13N5. The minimum Gasteiger partial charge on any atom is -0.347 e. The maximum Gasteiger partial charge on any atom is 0.124 e. The Morgan fingerprint density at radius 3 is 3.11 bits per heavy atom. The quantitative estimate of drug-likeness (QED) is 0.605. The van der Waals surface area contributed by atoms with Gasteiger partial charge in [-0.2, -0.15) is 0 Å². The number of para-hydroxylation sites is 2. The second-order valence-electron chi connectivity index (χ2n) is 4.60. The van der Waals surface area contributed by atoms with Crippen molar-refractivity contribution in [3.8, 4) is 0 Å². The van der Waals surface area contributed by atoms with Crippen LogP contribution in [0, 0.1) is 0 Å². The molecule has 4 rings (SSSR count). The van der Waals surface area contributed by atoms with Gasteiger partial charge in [-0.3, -0.25) is 0 Å². The molecule has 0 amide bonds. The van der Waals surface area contributed by atoms with Crippen molar-refractivity contribution in [2.24, 2.45) is 0 Å². The van der Waals surface area contributed by atoms with Gasteiger partial charge in [-0.15, -0.1) is 0 Å². The Bertz CT molecular complexity index is 663. The number of imidazole rings is 2. The summed E-state index contributed by atoms with van der Waals surface area (Å²) in [6.07, 6.45) is 2.63. The average Bonchev–Trinajstić information content (AvgIpc) is 3.04. The van der Waals surface area contributed by atoms with Crippen molar-refractivity contribution in [2.75, 3.05) is 0 Å². The van der Waals surface area contributed by atoms with Gasteiger partial charge >= 0.3 is 0 Å². The number of hydrogen-bond donors (Lipinski definition) is 3. The average molecular weight is 239 g/mol. The largest absolute Gasteiger partial charge is 0.347 e. The van der Waals surface area contributed by atoms with Crippen LogP contribution in [0.3, 0.4) is 0 Å². The number of nitrogens with zero attached hydrogens (tertiary/aromatic N) is 2. The van der Waals surface area contributed by atoms with Crippen molar-refractivity contribution in [1.29, 1.82) is 0 Å². The number of H-pyrrole nitrogens is 2. The van der Waals surface area contributed by atoms with Crippen LogP contribution >= 0.6 is 0 Å². The minimum atomic E-state index is 0.216. The van der Waals surface area contributed by atoms with E-state index in [2.05, 4.69) is 31.3 Å². The normalized spacial score (nSPS) is 19.0. The zero-order chi connectivity index (χ0) is 11.9. The number of nitrogens with one attached hydrogen (secondary N) is 3. The first-order valence-electron chi connectivity index (χ1n) is 6.09. The van der Waals surface area contributed by atoms with E-state index < -0.39 is 0 Å². The highest BCUT2D eigenvalue weighted by Crippen LogP contribution is 2.23. The molecule has 1 unspecified atom stereocenters. The molecule has 0 radical (unpaired) electrons. The maximum absolute atomic E-state index is 4.64. The molecule has 2 aromatic heterocycles. The van der Waals surface area contributed by atoms with Gasteiger partial charge in [0.05, 0.1) is 34.8 Å². The Labute approximate surface area is 104 Å². The van der Waals surface area contributed by atoms with Crippen LogP contribution in [0.25, 0.3) is 11.0 Å². The summed E-state index contributed by atoms with van der Waals surface area (Å²) in [5, 5.41) is 3.47. The van der Waals surface area contributed by atoms with Crippen LogP contribution in [-0.4, -0.2) is 19.9 Å². The molecule has 1 atom stereocenters. The molecule has 90 valence electrons. The van der Waals surface area contributed by atoms with Crippen LogP contribution in [0.2, 0.25) is 0 Å². The number of benzene rings is 1. The molecule has 3 N–H and O–H groups in total. The third-order valence-corrected chi connectivity index (χ3v) is 3.47. The summed E-state index contributed by atoms with van der Waals surface area (Å²) in [6.45, 7) is 0.817. The first kappa shape index (κ1) is 9.85. The predicted octanol–water partition coefficient (Wildman–Crippen LogP) is 1.67. The fourth-order valence-electron chi connectivity index (χ4n) is 2.50. The lowest BCUT2D eigenvalue weighted by Gasteiger charge is -2.20. The van der Waals surface area contributed by atoms with Gasteiger partial charge in [0.2, 0.25) is 0 Å². The van der Waals surface area contributed by atoms with E-state index in [0.29, 0.717) is 0 Å². The lowest BCUT2D eigenvalue weighted by molar-refractivity contribution is 0.472. The summed E-state index contributed by atoms with van der Waals surface area (Å²) in [5.41, 5.74) is 4.42. The SMILES string of the molecule is c1ccc2[nH]c(C3Cc4nc[nH]c4CN3)nc2c1. The Balaban J connectivity index is 1.72. The van der Waals surface area contributed by atoms with Gasteiger partial charge in [0, 0.05) is 13.0 Å². The molecule has 5 heteroatoms. The van der Waals surface area contributed by atoms with E-state index in [-0.39, 0.29) is 6.04 Å². The minimum absolute atomic E-state index is 0.216. The fraction of sp³-hybridized carbons (Fsp3) is 0.231. The molecular weight excluding hydrogens is 226 g/mol. The number of hydrogen-bond acceptors (Lipinski definition) is 3. The van der Waals surface area contributed by atoms with Crippen LogP contribution in [0.4, 0.5) is 0 Å². The van der Waals surface area contributed by atoms with Crippen LogP contribution in [0.5, 0.6) is 0 Å². The number of aromatic nitrogens is 4. The first-order chi connectivity index (χ1) is 8.90. The maximum atomic E-state index is 4.64. The Morgan fingerprint density at radius 1 is 1.22 bits per heavy atom. The van der Waals surface area contributed by atoms with E-state index >= 15 is 0 Å². The summed E-state index contributed by atoms with van der Waals surface area (Å²) in [5.74, 6) is 0.991. The van der Waals surface area contributed by atoms with Crippen molar-refractivity contribution < 1.29 is 0 Å². The lowest BCUT2D eigenvalue weighted by atomic mass is 10.1. The summed E-state index contributed by atoms with van der Waals surface area (Å²) in [6, 6.07) is 8.32. The predicted molar refractivity (Wildman–Crippen MR) is 68.0 cm³/mol. The van der Waals surface area contributed by atoms with E-state index in [9.17, 15) is 0 Å². The van der Waals surface area contributed by atoms with Crippen LogP contribution in [-0.2, 0) is 13.0 Å². The van der Waals surface area contributed by atoms with Gasteiger partial charge in [-0.25, -0.2) is 9.97 Å². The highest BCUT2D eigenvalue weighted by atomic mass is 15.1. The molecule has 1 aliphatic heterocycles. The van der Waals surface area contributed by atoms with E-state index in [0.717, 1.165) is 35.5 Å². The summed E-state index contributed by atoms with van der Waals surface area (Å²) in [4.78, 5) is 15.5. The molecule has 0 fully saturated rings. The molecule has 0 spiro atoms. The van der Waals surface area contributed by atoms with E-state index in [1.807, 2.05) is 18.2 Å². The summed E-state index contributed by atoms with van der Waals surface area (Å²) >= 11 is 0. The van der Waals surface area contributed by atoms with Crippen LogP contribution in [0.15, 0.2) is 30.6 Å². The van der Waals surface area contributed by atoms with Crippen molar-refractivity contribution in [1.82, 2.24) is 25.3 Å². The Kier molecular flexibility index (Phi) is 2.01. The van der Waals surface area contributed by atoms with Gasteiger partial charge < -0.3 is 15.3 Å². The standard InChI is InChI=1S/C13H13N5/c1-2-4-9-8(3-1)17-13(18-9)11-5-10-12(6-14-11)16-7-15-10/h1-4,7,11,14H,5-6H2,(H,15,16)(H,17,18). The topological polar surface area (TPSA) is 69.4 Å². The molecule has 0 bridgehead atoms.